The largest absolute Gasteiger partial charge is 0.494 e. The van der Waals surface area contributed by atoms with Crippen LogP contribution in [0, 0.1) is 11.6 Å². The molecule has 1 heterocycles. The quantitative estimate of drug-likeness (QED) is 0.820. The Morgan fingerprint density at radius 3 is 2.62 bits per heavy atom. The number of methoxy groups -OCH3 is 1. The van der Waals surface area contributed by atoms with Gasteiger partial charge in [-0.05, 0) is 6.07 Å². The summed E-state index contributed by atoms with van der Waals surface area (Å²) in [4.78, 5) is 0. The van der Waals surface area contributed by atoms with E-state index in [9.17, 15) is 8.78 Å². The van der Waals surface area contributed by atoms with Crippen molar-refractivity contribution in [3.63, 3.8) is 0 Å². The van der Waals surface area contributed by atoms with Crippen molar-refractivity contribution in [3.05, 3.63) is 29.8 Å². The molecule has 4 nitrogen and oxygen atoms in total. The third kappa shape index (κ3) is 1.69. The van der Waals surface area contributed by atoms with Crippen LogP contribution < -0.4 is 10.5 Å². The Hall–Kier alpha value is -2.11. The molecule has 16 heavy (non-hydrogen) atoms. The number of nitrogens with zero attached hydrogens (tertiary/aromatic N) is 1. The van der Waals surface area contributed by atoms with Crippen molar-refractivity contribution in [2.45, 2.75) is 0 Å². The summed E-state index contributed by atoms with van der Waals surface area (Å²) in [5.41, 5.74) is 5.71. The van der Waals surface area contributed by atoms with Crippen molar-refractivity contribution < 1.29 is 13.5 Å². The van der Waals surface area contributed by atoms with E-state index in [0.29, 0.717) is 5.69 Å². The number of nitrogens with one attached hydrogen (secondary N) is 1. The molecule has 0 unspecified atom stereocenters. The number of hydrogen-bond donors (Lipinski definition) is 2. The highest BCUT2D eigenvalue weighted by Crippen LogP contribution is 2.29. The molecule has 0 amide bonds. The molecule has 0 spiro atoms. The standard InChI is InChI=1S/C10H9F2N3O/c1-16-8-3-5(11)2-6(10(8)12)7-4-9(13)15-14-7/h2-4H,1H3,(H3,13,14,15). The first kappa shape index (κ1) is 10.4. The molecule has 84 valence electrons. The number of rotatable bonds is 2. The predicted octanol–water partition coefficient (Wildman–Crippen LogP) is 1.95. The van der Waals surface area contributed by atoms with E-state index in [-0.39, 0.29) is 17.1 Å². The minimum absolute atomic E-state index is 0.0288. The lowest BCUT2D eigenvalue weighted by molar-refractivity contribution is 0.383. The Balaban J connectivity index is 2.60. The van der Waals surface area contributed by atoms with Crippen LogP contribution in [0.15, 0.2) is 18.2 Å². The van der Waals surface area contributed by atoms with Crippen LogP contribution in [-0.4, -0.2) is 17.3 Å². The lowest BCUT2D eigenvalue weighted by Crippen LogP contribution is -1.93. The van der Waals surface area contributed by atoms with Crippen molar-refractivity contribution in [3.8, 4) is 17.0 Å². The van der Waals surface area contributed by atoms with Gasteiger partial charge in [0.2, 0.25) is 0 Å². The molecule has 0 radical (unpaired) electrons. The fourth-order valence-corrected chi connectivity index (χ4v) is 1.38. The molecular weight excluding hydrogens is 216 g/mol. The molecule has 0 aliphatic rings. The molecule has 0 aliphatic heterocycles. The van der Waals surface area contributed by atoms with Gasteiger partial charge in [0.05, 0.1) is 12.8 Å². The van der Waals surface area contributed by atoms with E-state index in [2.05, 4.69) is 10.2 Å². The molecule has 6 heteroatoms. The Labute approximate surface area is 90.0 Å². The summed E-state index contributed by atoms with van der Waals surface area (Å²) in [7, 11) is 1.27. The number of hydrogen-bond acceptors (Lipinski definition) is 3. The average molecular weight is 225 g/mol. The summed E-state index contributed by atoms with van der Waals surface area (Å²) in [6.07, 6.45) is 0. The van der Waals surface area contributed by atoms with Gasteiger partial charge in [-0.2, -0.15) is 5.10 Å². The molecule has 2 aromatic rings. The normalized spacial score (nSPS) is 10.4. The Kier molecular flexibility index (Phi) is 2.47. The van der Waals surface area contributed by atoms with Gasteiger partial charge in [-0.25, -0.2) is 8.78 Å². The van der Waals surface area contributed by atoms with Crippen molar-refractivity contribution in [2.24, 2.45) is 0 Å². The zero-order valence-electron chi connectivity index (χ0n) is 8.42. The zero-order chi connectivity index (χ0) is 11.7. The molecule has 1 aromatic heterocycles. The van der Waals surface area contributed by atoms with Crippen LogP contribution in [0.2, 0.25) is 0 Å². The van der Waals surface area contributed by atoms with Gasteiger partial charge in [0.25, 0.3) is 0 Å². The molecule has 0 saturated carbocycles. The first-order valence-electron chi connectivity index (χ1n) is 4.46. The first-order valence-corrected chi connectivity index (χ1v) is 4.46. The number of aromatic nitrogens is 2. The first-order chi connectivity index (χ1) is 7.61. The number of benzene rings is 1. The van der Waals surface area contributed by atoms with Crippen LogP contribution in [0.5, 0.6) is 5.75 Å². The van der Waals surface area contributed by atoms with Gasteiger partial charge < -0.3 is 10.5 Å². The fraction of sp³-hybridized carbons (Fsp3) is 0.100. The minimum atomic E-state index is -0.660. The van der Waals surface area contributed by atoms with E-state index in [1.165, 1.54) is 13.2 Å². The van der Waals surface area contributed by atoms with Crippen LogP contribution in [0.1, 0.15) is 0 Å². The smallest absolute Gasteiger partial charge is 0.174 e. The second-order valence-corrected chi connectivity index (χ2v) is 3.18. The maximum Gasteiger partial charge on any atom is 0.174 e. The summed E-state index contributed by atoms with van der Waals surface area (Å²) in [6, 6.07) is 3.43. The maximum absolute atomic E-state index is 13.8. The monoisotopic (exact) mass is 225 g/mol. The Bertz CT molecular complexity index is 525. The Morgan fingerprint density at radius 1 is 1.31 bits per heavy atom. The summed E-state index contributed by atoms with van der Waals surface area (Å²) >= 11 is 0. The summed E-state index contributed by atoms with van der Waals surface area (Å²) in [5, 5.41) is 6.15. The van der Waals surface area contributed by atoms with Crippen LogP contribution in [0.4, 0.5) is 14.6 Å². The minimum Gasteiger partial charge on any atom is -0.494 e. The second-order valence-electron chi connectivity index (χ2n) is 3.18. The molecule has 0 bridgehead atoms. The van der Waals surface area contributed by atoms with Crippen LogP contribution in [-0.2, 0) is 0 Å². The number of halogens is 2. The number of aromatic amines is 1. The van der Waals surface area contributed by atoms with Crippen LogP contribution >= 0.6 is 0 Å². The van der Waals surface area contributed by atoms with Gasteiger partial charge >= 0.3 is 0 Å². The number of nitrogen functional groups attached to an aromatic ring is 1. The SMILES string of the molecule is COc1cc(F)cc(-c2cc(N)n[nH]2)c1F. The highest BCUT2D eigenvalue weighted by molar-refractivity contribution is 5.64. The van der Waals surface area contributed by atoms with Gasteiger partial charge in [-0.3, -0.25) is 5.10 Å². The highest BCUT2D eigenvalue weighted by atomic mass is 19.1. The fourth-order valence-electron chi connectivity index (χ4n) is 1.38. The van der Waals surface area contributed by atoms with E-state index in [1.54, 1.807) is 0 Å². The highest BCUT2D eigenvalue weighted by Gasteiger charge is 2.14. The van der Waals surface area contributed by atoms with E-state index < -0.39 is 11.6 Å². The predicted molar refractivity (Wildman–Crippen MR) is 54.9 cm³/mol. The second kappa shape index (κ2) is 3.80. The van der Waals surface area contributed by atoms with Gasteiger partial charge in [-0.15, -0.1) is 0 Å². The lowest BCUT2D eigenvalue weighted by Gasteiger charge is -2.06. The molecule has 1 aromatic carbocycles. The van der Waals surface area contributed by atoms with Gasteiger partial charge in [0.1, 0.15) is 11.6 Å². The summed E-state index contributed by atoms with van der Waals surface area (Å²) in [6.45, 7) is 0. The van der Waals surface area contributed by atoms with Crippen molar-refractivity contribution in [1.82, 2.24) is 10.2 Å². The van der Waals surface area contributed by atoms with E-state index in [0.717, 1.165) is 12.1 Å². The molecule has 3 N–H and O–H groups in total. The molecule has 2 rings (SSSR count). The Morgan fingerprint density at radius 2 is 2.06 bits per heavy atom. The lowest BCUT2D eigenvalue weighted by atomic mass is 10.1. The van der Waals surface area contributed by atoms with E-state index in [4.69, 9.17) is 10.5 Å². The van der Waals surface area contributed by atoms with Crippen molar-refractivity contribution >= 4 is 5.82 Å². The number of anilines is 1. The third-order valence-corrected chi connectivity index (χ3v) is 2.11. The number of nitrogens with two attached hydrogens (primary N) is 1. The van der Waals surface area contributed by atoms with E-state index in [1.807, 2.05) is 0 Å². The molecule has 0 aliphatic carbocycles. The topological polar surface area (TPSA) is 63.9 Å². The molecule has 0 fully saturated rings. The van der Waals surface area contributed by atoms with Crippen LogP contribution in [0.3, 0.4) is 0 Å². The summed E-state index contributed by atoms with van der Waals surface area (Å²) in [5.74, 6) is -1.21. The maximum atomic E-state index is 13.8. The van der Waals surface area contributed by atoms with Gasteiger partial charge in [-0.1, -0.05) is 0 Å². The number of H-pyrrole nitrogens is 1. The third-order valence-electron chi connectivity index (χ3n) is 2.11. The molecular formula is C10H9F2N3O. The van der Waals surface area contributed by atoms with E-state index >= 15 is 0 Å². The van der Waals surface area contributed by atoms with Gasteiger partial charge in [0.15, 0.2) is 11.6 Å². The summed E-state index contributed by atoms with van der Waals surface area (Å²) < 4.78 is 31.7. The molecule has 0 saturated heterocycles. The average Bonchev–Trinajstić information content (AvgIpc) is 2.67. The molecule has 0 atom stereocenters. The van der Waals surface area contributed by atoms with Crippen LogP contribution in [0.25, 0.3) is 11.3 Å². The zero-order valence-corrected chi connectivity index (χ0v) is 8.42. The number of ether oxygens (including phenoxy) is 1. The van der Waals surface area contributed by atoms with Gasteiger partial charge in [0, 0.05) is 17.7 Å². The van der Waals surface area contributed by atoms with Crippen molar-refractivity contribution in [1.29, 1.82) is 0 Å². The van der Waals surface area contributed by atoms with Crippen molar-refractivity contribution in [2.75, 3.05) is 12.8 Å².